The Morgan fingerprint density at radius 3 is 2.57 bits per heavy atom. The van der Waals surface area contributed by atoms with E-state index < -0.39 is 11.7 Å². The molecule has 1 unspecified atom stereocenters. The molecule has 1 aliphatic heterocycles. The Morgan fingerprint density at radius 1 is 1.10 bits per heavy atom. The van der Waals surface area contributed by atoms with Gasteiger partial charge < -0.3 is 25.4 Å². The minimum absolute atomic E-state index is 0.0310. The number of methoxy groups -OCH3 is 1. The second-order valence-corrected chi connectivity index (χ2v) is 11.6. The Morgan fingerprint density at radius 2 is 1.86 bits per heavy atom. The fraction of sp³-hybridized carbons (Fsp3) is 0.412. The van der Waals surface area contributed by atoms with Crippen molar-refractivity contribution in [3.8, 4) is 0 Å². The maximum atomic E-state index is 13.6. The smallest absolute Gasteiger partial charge is 0.406 e. The van der Waals surface area contributed by atoms with Crippen LogP contribution >= 0.6 is 11.6 Å². The van der Waals surface area contributed by atoms with Crippen LogP contribution in [0.3, 0.4) is 0 Å². The molecule has 224 valence electrons. The Hall–Kier alpha value is -3.39. The fourth-order valence-electron chi connectivity index (χ4n) is 6.05. The highest BCUT2D eigenvalue weighted by Gasteiger charge is 2.42. The summed E-state index contributed by atoms with van der Waals surface area (Å²) in [6.07, 6.45) is 2.54. The van der Waals surface area contributed by atoms with Crippen molar-refractivity contribution in [2.45, 2.75) is 51.2 Å². The number of nitrogens with zero attached hydrogens (tertiary/aromatic N) is 1. The van der Waals surface area contributed by atoms with Gasteiger partial charge in [-0.2, -0.15) is 0 Å². The number of carbonyl (C=O) groups is 2. The summed E-state index contributed by atoms with van der Waals surface area (Å²) in [7, 11) is 3.23. The van der Waals surface area contributed by atoms with Crippen LogP contribution in [0.1, 0.15) is 63.9 Å². The van der Waals surface area contributed by atoms with E-state index in [0.29, 0.717) is 49.5 Å². The minimum Gasteiger partial charge on any atom is -0.453 e. The van der Waals surface area contributed by atoms with Crippen LogP contribution in [0.5, 0.6) is 0 Å². The number of hydrogen-bond donors (Lipinski definition) is 3. The van der Waals surface area contributed by atoms with E-state index in [-0.39, 0.29) is 11.8 Å². The Kier molecular flexibility index (Phi) is 11.0. The van der Waals surface area contributed by atoms with E-state index in [1.165, 1.54) is 7.11 Å². The first kappa shape index (κ1) is 31.5. The summed E-state index contributed by atoms with van der Waals surface area (Å²) >= 11 is 6.83. The van der Waals surface area contributed by atoms with Crippen LogP contribution in [-0.4, -0.2) is 55.8 Å². The number of likely N-dealkylation sites (tertiary alicyclic amines) is 1. The number of benzene rings is 3. The van der Waals surface area contributed by atoms with Crippen LogP contribution < -0.4 is 10.6 Å². The van der Waals surface area contributed by atoms with Crippen LogP contribution in [0.25, 0.3) is 0 Å². The molecule has 0 aromatic heterocycles. The van der Waals surface area contributed by atoms with Gasteiger partial charge in [-0.15, -0.1) is 0 Å². The average molecular weight is 592 g/mol. The van der Waals surface area contributed by atoms with Gasteiger partial charge in [0.25, 0.3) is 5.91 Å². The molecule has 8 heteroatoms. The first-order valence-electron chi connectivity index (χ1n) is 14.7. The number of halogens is 1. The maximum Gasteiger partial charge on any atom is 0.406 e. The molecule has 3 aromatic rings. The van der Waals surface area contributed by atoms with Crippen LogP contribution in [0, 0.1) is 12.8 Å². The van der Waals surface area contributed by atoms with Gasteiger partial charge in [0, 0.05) is 42.7 Å². The molecule has 2 atom stereocenters. The van der Waals surface area contributed by atoms with Gasteiger partial charge in [-0.3, -0.25) is 4.79 Å². The summed E-state index contributed by atoms with van der Waals surface area (Å²) in [5.74, 6) is -0.247. The third-order valence-electron chi connectivity index (χ3n) is 8.20. The second kappa shape index (κ2) is 14.7. The summed E-state index contributed by atoms with van der Waals surface area (Å²) in [6.45, 7) is 4.22. The van der Waals surface area contributed by atoms with Gasteiger partial charge in [0.05, 0.1) is 12.7 Å². The number of hydrogen-bond acceptors (Lipinski definition) is 5. The molecule has 3 aromatic carbocycles. The SMILES string of the molecule is CNCc1ccc(C(=O)N2CCC[C@@H](C(O)(CCCNC(=O)OC)c3cccc(Cl)c3Cc3cccc(C)c3)C2)cc1. The van der Waals surface area contributed by atoms with Crippen molar-refractivity contribution in [3.63, 3.8) is 0 Å². The predicted molar refractivity (Wildman–Crippen MR) is 167 cm³/mol. The highest BCUT2D eigenvalue weighted by Crippen LogP contribution is 2.43. The van der Waals surface area contributed by atoms with Crippen LogP contribution in [0.2, 0.25) is 5.02 Å². The number of nitrogens with one attached hydrogen (secondary N) is 2. The molecule has 0 aliphatic carbocycles. The van der Waals surface area contributed by atoms with Crippen LogP contribution in [-0.2, 0) is 23.3 Å². The largest absolute Gasteiger partial charge is 0.453 e. The Labute approximate surface area is 254 Å². The molecule has 1 aliphatic rings. The molecule has 4 rings (SSSR count). The highest BCUT2D eigenvalue weighted by atomic mass is 35.5. The van der Waals surface area contributed by atoms with Gasteiger partial charge in [-0.05, 0) is 86.5 Å². The van der Waals surface area contributed by atoms with Gasteiger partial charge in [0.15, 0.2) is 0 Å². The Balaban J connectivity index is 1.64. The van der Waals surface area contributed by atoms with Crippen molar-refractivity contribution in [3.05, 3.63) is 105 Å². The fourth-order valence-corrected chi connectivity index (χ4v) is 6.29. The molecule has 2 amide bonds. The van der Waals surface area contributed by atoms with Crippen molar-refractivity contribution >= 4 is 23.6 Å². The van der Waals surface area contributed by atoms with Crippen molar-refractivity contribution in [1.82, 2.24) is 15.5 Å². The molecule has 42 heavy (non-hydrogen) atoms. The normalized spacial score (nSPS) is 16.5. The second-order valence-electron chi connectivity index (χ2n) is 11.2. The molecular weight excluding hydrogens is 550 g/mol. The van der Waals surface area contributed by atoms with Gasteiger partial charge in [0.1, 0.15) is 0 Å². The molecule has 1 saturated heterocycles. The number of amides is 2. The number of piperidine rings is 1. The lowest BCUT2D eigenvalue weighted by atomic mass is 9.72. The first-order valence-corrected chi connectivity index (χ1v) is 15.0. The van der Waals surface area contributed by atoms with E-state index in [1.807, 2.05) is 60.5 Å². The lowest BCUT2D eigenvalue weighted by Gasteiger charge is -2.44. The molecule has 7 nitrogen and oxygen atoms in total. The van der Waals surface area contributed by atoms with E-state index >= 15 is 0 Å². The summed E-state index contributed by atoms with van der Waals surface area (Å²) < 4.78 is 4.72. The quantitative estimate of drug-likeness (QED) is 0.244. The van der Waals surface area contributed by atoms with Crippen molar-refractivity contribution in [1.29, 1.82) is 0 Å². The van der Waals surface area contributed by atoms with Crippen LogP contribution in [0.4, 0.5) is 4.79 Å². The van der Waals surface area contributed by atoms with E-state index in [2.05, 4.69) is 35.8 Å². The molecule has 0 saturated carbocycles. The summed E-state index contributed by atoms with van der Waals surface area (Å²) in [5, 5.41) is 19.1. The minimum atomic E-state index is -1.27. The number of alkyl carbamates (subject to hydrolysis) is 1. The molecule has 0 radical (unpaired) electrons. The van der Waals surface area contributed by atoms with E-state index in [9.17, 15) is 14.7 Å². The molecular formula is C34H42ClN3O4. The monoisotopic (exact) mass is 591 g/mol. The number of aryl methyl sites for hydroxylation is 1. The van der Waals surface area contributed by atoms with Gasteiger partial charge >= 0.3 is 6.09 Å². The third-order valence-corrected chi connectivity index (χ3v) is 8.56. The van der Waals surface area contributed by atoms with E-state index in [1.54, 1.807) is 0 Å². The van der Waals surface area contributed by atoms with E-state index in [4.69, 9.17) is 16.3 Å². The topological polar surface area (TPSA) is 90.9 Å². The summed E-state index contributed by atoms with van der Waals surface area (Å²) in [6, 6.07) is 21.7. The van der Waals surface area contributed by atoms with Gasteiger partial charge in [-0.1, -0.05) is 65.7 Å². The maximum absolute atomic E-state index is 13.6. The first-order chi connectivity index (χ1) is 20.2. The third kappa shape index (κ3) is 7.71. The zero-order chi connectivity index (χ0) is 30.1. The number of aliphatic hydroxyl groups is 1. The van der Waals surface area contributed by atoms with Gasteiger partial charge in [-0.25, -0.2) is 4.79 Å². The number of rotatable bonds is 11. The van der Waals surface area contributed by atoms with Gasteiger partial charge in [0.2, 0.25) is 0 Å². The van der Waals surface area contributed by atoms with Crippen molar-refractivity contribution in [2.75, 3.05) is 33.8 Å². The number of carbonyl (C=O) groups excluding carboxylic acids is 2. The zero-order valence-electron chi connectivity index (χ0n) is 24.8. The predicted octanol–water partition coefficient (Wildman–Crippen LogP) is 5.83. The number of ether oxygens (including phenoxy) is 1. The summed E-state index contributed by atoms with van der Waals surface area (Å²) in [4.78, 5) is 27.1. The lowest BCUT2D eigenvalue weighted by Crippen LogP contribution is -2.48. The molecule has 0 spiro atoms. The van der Waals surface area contributed by atoms with Crippen LogP contribution in [0.15, 0.2) is 66.7 Å². The molecule has 3 N–H and O–H groups in total. The van der Waals surface area contributed by atoms with Crippen molar-refractivity contribution < 1.29 is 19.4 Å². The molecule has 1 fully saturated rings. The average Bonchev–Trinajstić information content (AvgIpc) is 3.00. The molecule has 0 bridgehead atoms. The summed E-state index contributed by atoms with van der Waals surface area (Å²) in [5.41, 5.74) is 4.43. The standard InChI is InChI=1S/C34H42ClN3O4/c1-24-8-4-9-26(20-24)21-29-30(11-5-12-31(29)35)34(41,17-7-18-37-33(40)42-3)28-10-6-19-38(23-28)32(39)27-15-13-25(14-16-27)22-36-2/h4-5,8-9,11-16,20,28,36,41H,6-7,10,17-19,21-23H2,1-3H3,(H,37,40)/t28-,34?/m1/s1. The lowest BCUT2D eigenvalue weighted by molar-refractivity contribution is -0.0572. The highest BCUT2D eigenvalue weighted by molar-refractivity contribution is 6.31. The van der Waals surface area contributed by atoms with E-state index in [0.717, 1.165) is 47.2 Å². The Bertz CT molecular complexity index is 1360. The zero-order valence-corrected chi connectivity index (χ0v) is 25.5. The molecule has 1 heterocycles. The van der Waals surface area contributed by atoms with Crippen molar-refractivity contribution in [2.24, 2.45) is 5.92 Å².